The third-order valence-electron chi connectivity index (χ3n) is 6.81. The lowest BCUT2D eigenvalue weighted by Crippen LogP contribution is -2.33. The Morgan fingerprint density at radius 1 is 0.925 bits per heavy atom. The molecule has 0 aliphatic carbocycles. The number of aromatic nitrogens is 1. The van der Waals surface area contributed by atoms with E-state index in [2.05, 4.69) is 5.32 Å². The third-order valence-corrected chi connectivity index (χ3v) is 10.2. The molecule has 6 rings (SSSR count). The average Bonchev–Trinajstić information content (AvgIpc) is 3.38. The van der Waals surface area contributed by atoms with E-state index in [1.165, 1.54) is 33.7 Å². The first-order valence-corrected chi connectivity index (χ1v) is 14.5. The zero-order valence-electron chi connectivity index (χ0n) is 20.3. The van der Waals surface area contributed by atoms with Gasteiger partial charge in [-0.15, -0.1) is 0 Å². The van der Waals surface area contributed by atoms with Crippen LogP contribution < -0.4 is 15.1 Å². The van der Waals surface area contributed by atoms with Gasteiger partial charge >= 0.3 is 4.87 Å². The number of carbonyl (C=O) groups excluding carboxylic acids is 3. The number of thiazole rings is 1. The van der Waals surface area contributed by atoms with Crippen molar-refractivity contribution in [2.45, 2.75) is 22.7 Å². The van der Waals surface area contributed by atoms with Crippen molar-refractivity contribution in [1.29, 1.82) is 0 Å². The number of para-hydroxylation sites is 1. The lowest BCUT2D eigenvalue weighted by Gasteiger charge is -2.31. The molecule has 3 heterocycles. The van der Waals surface area contributed by atoms with Gasteiger partial charge in [-0.1, -0.05) is 76.6 Å². The summed E-state index contributed by atoms with van der Waals surface area (Å²) in [5, 5.41) is 2.72. The maximum atomic E-state index is 13.9. The number of nitrogens with zero attached hydrogens (tertiary/aromatic N) is 2. The van der Waals surface area contributed by atoms with Crippen molar-refractivity contribution in [3.63, 3.8) is 0 Å². The van der Waals surface area contributed by atoms with Gasteiger partial charge in [0.05, 0.1) is 26.7 Å². The molecule has 7 nitrogen and oxygen atoms in total. The van der Waals surface area contributed by atoms with Crippen molar-refractivity contribution in [3.8, 4) is 0 Å². The summed E-state index contributed by atoms with van der Waals surface area (Å²) in [7, 11) is 0. The maximum absolute atomic E-state index is 13.9. The number of hydrogen-bond donors (Lipinski definition) is 1. The average molecular weight is 615 g/mol. The van der Waals surface area contributed by atoms with Crippen LogP contribution in [0.3, 0.4) is 0 Å². The minimum absolute atomic E-state index is 0.227. The van der Waals surface area contributed by atoms with Crippen LogP contribution in [0.2, 0.25) is 10.0 Å². The van der Waals surface area contributed by atoms with Crippen molar-refractivity contribution in [2.75, 3.05) is 10.2 Å². The molecule has 2 aliphatic rings. The van der Waals surface area contributed by atoms with Crippen molar-refractivity contribution >= 4 is 75.4 Å². The van der Waals surface area contributed by atoms with Gasteiger partial charge in [-0.05, 0) is 48.0 Å². The fourth-order valence-corrected chi connectivity index (χ4v) is 8.25. The van der Waals surface area contributed by atoms with Gasteiger partial charge in [0.25, 0.3) is 0 Å². The minimum atomic E-state index is -0.860. The second kappa shape index (κ2) is 10.5. The van der Waals surface area contributed by atoms with Crippen LogP contribution in [0, 0.1) is 11.7 Å². The van der Waals surface area contributed by atoms with Crippen LogP contribution in [0.25, 0.3) is 0 Å². The van der Waals surface area contributed by atoms with E-state index in [-0.39, 0.29) is 16.6 Å². The van der Waals surface area contributed by atoms with Gasteiger partial charge in [0.2, 0.25) is 17.7 Å². The molecular formula is C28H18Cl2FN3O4S2. The van der Waals surface area contributed by atoms with E-state index in [9.17, 15) is 23.6 Å². The highest BCUT2D eigenvalue weighted by atomic mass is 35.5. The number of fused-ring (bicyclic) bond motifs is 2. The minimum Gasteiger partial charge on any atom is -0.325 e. The lowest BCUT2D eigenvalue weighted by molar-refractivity contribution is -0.122. The van der Waals surface area contributed by atoms with E-state index in [0.717, 1.165) is 23.1 Å². The lowest BCUT2D eigenvalue weighted by atomic mass is 9.83. The number of nitrogens with one attached hydrogen (secondary N) is 1. The number of hydrogen-bond acceptors (Lipinski definition) is 6. The molecule has 0 radical (unpaired) electrons. The summed E-state index contributed by atoms with van der Waals surface area (Å²) in [5.41, 5.74) is 1.34. The zero-order valence-corrected chi connectivity index (χ0v) is 23.5. The molecule has 12 heteroatoms. The molecule has 4 aromatic rings. The highest BCUT2D eigenvalue weighted by Crippen LogP contribution is 2.55. The first kappa shape index (κ1) is 26.8. The Bertz CT molecular complexity index is 1730. The highest BCUT2D eigenvalue weighted by molar-refractivity contribution is 8.00. The molecule has 3 atom stereocenters. The van der Waals surface area contributed by atoms with Gasteiger partial charge in [0.1, 0.15) is 17.6 Å². The fraction of sp³-hybridized carbons (Fsp3) is 0.143. The first-order valence-electron chi connectivity index (χ1n) is 12.1. The number of anilines is 2. The Morgan fingerprint density at radius 3 is 2.38 bits per heavy atom. The third kappa shape index (κ3) is 4.54. The number of rotatable bonds is 5. The maximum Gasteiger partial charge on any atom is 0.308 e. The Morgan fingerprint density at radius 2 is 1.65 bits per heavy atom. The van der Waals surface area contributed by atoms with Gasteiger partial charge in [-0.3, -0.25) is 23.7 Å². The van der Waals surface area contributed by atoms with E-state index in [4.69, 9.17) is 23.2 Å². The molecule has 3 aromatic carbocycles. The van der Waals surface area contributed by atoms with Crippen LogP contribution in [-0.4, -0.2) is 27.5 Å². The topological polar surface area (TPSA) is 88.5 Å². The number of thioether (sulfide) groups is 1. The summed E-state index contributed by atoms with van der Waals surface area (Å²) in [6.07, 6.45) is 0. The van der Waals surface area contributed by atoms with Crippen molar-refractivity contribution < 1.29 is 18.8 Å². The van der Waals surface area contributed by atoms with Crippen molar-refractivity contribution in [2.24, 2.45) is 5.92 Å². The molecule has 0 spiro atoms. The first-order chi connectivity index (χ1) is 19.2. The smallest absolute Gasteiger partial charge is 0.308 e. The predicted octanol–water partition coefficient (Wildman–Crippen LogP) is 5.79. The van der Waals surface area contributed by atoms with Gasteiger partial charge in [0.15, 0.2) is 0 Å². The number of benzene rings is 3. The standard InChI is InChI=1S/C28H18Cl2FN3O4S2/c29-18-8-4-7-17(22(18)30)20-21-23(26(37)34(25(21)36)16-5-2-1-3-6-16)39-27-24(20)40-28(38)33(27)13-19(35)32-15-11-9-14(31)10-12-15/h1-12,20-21,23H,13H2,(H,32,35). The molecule has 1 saturated heterocycles. The second-order valence-corrected chi connectivity index (χ2v) is 12.1. The second-order valence-electron chi connectivity index (χ2n) is 9.21. The summed E-state index contributed by atoms with van der Waals surface area (Å²) in [5.74, 6) is -3.35. The van der Waals surface area contributed by atoms with Gasteiger partial charge in [-0.2, -0.15) is 0 Å². The van der Waals surface area contributed by atoms with E-state index < -0.39 is 45.5 Å². The van der Waals surface area contributed by atoms with Crippen molar-refractivity contribution in [1.82, 2.24) is 4.57 Å². The number of amides is 3. The summed E-state index contributed by atoms with van der Waals surface area (Å²) < 4.78 is 14.6. The molecule has 0 bridgehead atoms. The van der Waals surface area contributed by atoms with Crippen LogP contribution in [0.15, 0.2) is 82.6 Å². The van der Waals surface area contributed by atoms with Crippen LogP contribution in [0.5, 0.6) is 0 Å². The molecule has 202 valence electrons. The van der Waals surface area contributed by atoms with Crippen LogP contribution in [0.4, 0.5) is 15.8 Å². The molecule has 40 heavy (non-hydrogen) atoms. The Balaban J connectivity index is 1.44. The number of carbonyl (C=O) groups is 3. The highest BCUT2D eigenvalue weighted by Gasteiger charge is 2.57. The SMILES string of the molecule is O=C(Cn1c2c(sc1=O)C(c1cccc(Cl)c1Cl)C1C(=O)N(c3ccccc3)C(=O)C1S2)Nc1ccc(F)cc1. The van der Waals surface area contributed by atoms with E-state index in [1.807, 2.05) is 0 Å². The van der Waals surface area contributed by atoms with Crippen LogP contribution >= 0.6 is 46.3 Å². The Labute approximate surface area is 245 Å². The fourth-order valence-electron chi connectivity index (χ4n) is 5.06. The van der Waals surface area contributed by atoms with E-state index >= 15 is 0 Å². The van der Waals surface area contributed by atoms with Crippen LogP contribution in [0.1, 0.15) is 16.4 Å². The molecule has 3 unspecified atom stereocenters. The molecule has 1 fully saturated rings. The Hall–Kier alpha value is -3.44. The largest absolute Gasteiger partial charge is 0.325 e. The molecule has 1 aromatic heterocycles. The number of halogens is 3. The van der Waals surface area contributed by atoms with Gasteiger partial charge in [-0.25, -0.2) is 9.29 Å². The molecular weight excluding hydrogens is 596 g/mol. The molecule has 3 amide bonds. The molecule has 2 aliphatic heterocycles. The monoisotopic (exact) mass is 613 g/mol. The molecule has 1 N–H and O–H groups in total. The summed E-state index contributed by atoms with van der Waals surface area (Å²) in [6.45, 7) is -0.340. The van der Waals surface area contributed by atoms with Crippen LogP contribution in [-0.2, 0) is 20.9 Å². The quantitative estimate of drug-likeness (QED) is 0.288. The van der Waals surface area contributed by atoms with Gasteiger partial charge in [0, 0.05) is 16.5 Å². The van der Waals surface area contributed by atoms with E-state index in [1.54, 1.807) is 48.5 Å². The molecule has 0 saturated carbocycles. The van der Waals surface area contributed by atoms with Crippen molar-refractivity contribution in [3.05, 3.63) is 109 Å². The summed E-state index contributed by atoms with van der Waals surface area (Å²) in [4.78, 5) is 55.0. The van der Waals surface area contributed by atoms with E-state index in [0.29, 0.717) is 26.8 Å². The Kier molecular flexibility index (Phi) is 7.03. The summed E-state index contributed by atoms with van der Waals surface area (Å²) >= 11 is 15.0. The normalized spacial score (nSPS) is 19.9. The summed E-state index contributed by atoms with van der Waals surface area (Å²) in [6, 6.07) is 18.9. The zero-order chi connectivity index (χ0) is 28.1. The predicted molar refractivity (Wildman–Crippen MR) is 154 cm³/mol. The number of imide groups is 1. The van der Waals surface area contributed by atoms with Gasteiger partial charge < -0.3 is 5.32 Å².